The van der Waals surface area contributed by atoms with Crippen LogP contribution in [0.25, 0.3) is 0 Å². The Labute approximate surface area is 117 Å². The highest BCUT2D eigenvalue weighted by Crippen LogP contribution is 2.43. The molecular weight excluding hydrogens is 238 g/mol. The van der Waals surface area contributed by atoms with E-state index in [1.165, 1.54) is 25.7 Å². The molecule has 0 aromatic carbocycles. The molecule has 19 heavy (non-hydrogen) atoms. The molecule has 110 valence electrons. The molecule has 0 radical (unpaired) electrons. The Hall–Kier alpha value is -0.610. The Balaban J connectivity index is 1.89. The van der Waals surface area contributed by atoms with Gasteiger partial charge in [0, 0.05) is 25.6 Å². The van der Waals surface area contributed by atoms with E-state index < -0.39 is 0 Å². The second kappa shape index (κ2) is 5.41. The maximum atomic E-state index is 12.4. The van der Waals surface area contributed by atoms with Gasteiger partial charge in [-0.3, -0.25) is 4.79 Å². The van der Waals surface area contributed by atoms with Crippen LogP contribution in [0.4, 0.5) is 0 Å². The monoisotopic (exact) mass is 267 g/mol. The van der Waals surface area contributed by atoms with Crippen molar-refractivity contribution in [2.24, 2.45) is 11.1 Å². The van der Waals surface area contributed by atoms with Gasteiger partial charge in [0.15, 0.2) is 0 Å². The number of nitrogens with two attached hydrogens (primary N) is 1. The summed E-state index contributed by atoms with van der Waals surface area (Å²) in [6, 6.07) is 0. The van der Waals surface area contributed by atoms with Crippen molar-refractivity contribution in [2.45, 2.75) is 50.5 Å². The highest BCUT2D eigenvalue weighted by atomic mass is 16.2. The molecule has 0 atom stereocenters. The number of rotatable bonds is 6. The van der Waals surface area contributed by atoms with Crippen molar-refractivity contribution in [2.75, 3.05) is 34.2 Å². The van der Waals surface area contributed by atoms with E-state index in [4.69, 9.17) is 5.73 Å². The summed E-state index contributed by atoms with van der Waals surface area (Å²) in [5.41, 5.74) is 6.19. The highest BCUT2D eigenvalue weighted by molar-refractivity contribution is 5.77. The SMILES string of the molecule is CN(CC1(N(C)C)CCC1)C(=O)CC1(CN)CCC1. The van der Waals surface area contributed by atoms with Crippen LogP contribution in [0.2, 0.25) is 0 Å². The zero-order valence-electron chi connectivity index (χ0n) is 12.7. The maximum Gasteiger partial charge on any atom is 0.222 e. The zero-order chi connectivity index (χ0) is 14.1. The van der Waals surface area contributed by atoms with Gasteiger partial charge in [-0.2, -0.15) is 0 Å². The predicted molar refractivity (Wildman–Crippen MR) is 77.9 cm³/mol. The largest absolute Gasteiger partial charge is 0.344 e. The average Bonchev–Trinajstić information content (AvgIpc) is 2.27. The molecule has 0 spiro atoms. The molecule has 2 aliphatic carbocycles. The lowest BCUT2D eigenvalue weighted by Crippen LogP contribution is -2.58. The van der Waals surface area contributed by atoms with Crippen LogP contribution in [0.5, 0.6) is 0 Å². The predicted octanol–water partition coefficient (Wildman–Crippen LogP) is 1.45. The lowest BCUT2D eigenvalue weighted by atomic mass is 9.66. The molecule has 0 aliphatic heterocycles. The van der Waals surface area contributed by atoms with Crippen molar-refractivity contribution in [1.29, 1.82) is 0 Å². The molecule has 0 unspecified atom stereocenters. The fourth-order valence-electron chi connectivity index (χ4n) is 3.45. The standard InChI is InChI=1S/C15H29N3O/c1-17(2)15(8-5-9-15)12-18(3)13(19)10-14(11-16)6-4-7-14/h4-12,16H2,1-3H3. The summed E-state index contributed by atoms with van der Waals surface area (Å²) in [7, 11) is 6.21. The maximum absolute atomic E-state index is 12.4. The summed E-state index contributed by atoms with van der Waals surface area (Å²) in [6.45, 7) is 1.52. The zero-order valence-corrected chi connectivity index (χ0v) is 12.7. The number of hydrogen-bond donors (Lipinski definition) is 1. The van der Waals surface area contributed by atoms with Gasteiger partial charge in [-0.1, -0.05) is 6.42 Å². The first-order valence-electron chi connectivity index (χ1n) is 7.55. The fourth-order valence-corrected chi connectivity index (χ4v) is 3.45. The van der Waals surface area contributed by atoms with Gasteiger partial charge >= 0.3 is 0 Å². The molecule has 0 bridgehead atoms. The minimum absolute atomic E-state index is 0.121. The molecule has 2 fully saturated rings. The van der Waals surface area contributed by atoms with Gasteiger partial charge in [0.05, 0.1) is 0 Å². The van der Waals surface area contributed by atoms with Gasteiger partial charge in [0.2, 0.25) is 5.91 Å². The van der Waals surface area contributed by atoms with Crippen LogP contribution in [0.3, 0.4) is 0 Å². The first kappa shape index (κ1) is 14.8. The molecule has 4 nitrogen and oxygen atoms in total. The Bertz CT molecular complexity index is 327. The molecule has 2 aliphatic rings. The summed E-state index contributed by atoms with van der Waals surface area (Å²) in [5, 5.41) is 0. The molecule has 1 amide bonds. The summed E-state index contributed by atoms with van der Waals surface area (Å²) in [4.78, 5) is 16.6. The molecule has 2 rings (SSSR count). The van der Waals surface area contributed by atoms with Crippen LogP contribution in [0, 0.1) is 5.41 Å². The molecule has 4 heteroatoms. The highest BCUT2D eigenvalue weighted by Gasteiger charge is 2.42. The van der Waals surface area contributed by atoms with Crippen LogP contribution < -0.4 is 5.73 Å². The van der Waals surface area contributed by atoms with E-state index in [-0.39, 0.29) is 16.9 Å². The lowest BCUT2D eigenvalue weighted by Gasteiger charge is -2.49. The molecule has 0 saturated heterocycles. The third-order valence-electron chi connectivity index (χ3n) is 5.56. The normalized spacial score (nSPS) is 23.6. The van der Waals surface area contributed by atoms with Crippen molar-refractivity contribution in [3.8, 4) is 0 Å². The minimum atomic E-state index is 0.121. The smallest absolute Gasteiger partial charge is 0.222 e. The van der Waals surface area contributed by atoms with E-state index in [0.717, 1.165) is 19.4 Å². The number of likely N-dealkylation sites (N-methyl/N-ethyl adjacent to an activating group) is 2. The quantitative estimate of drug-likeness (QED) is 0.792. The Morgan fingerprint density at radius 2 is 1.68 bits per heavy atom. The Morgan fingerprint density at radius 1 is 1.11 bits per heavy atom. The number of nitrogens with zero attached hydrogens (tertiary/aromatic N) is 2. The Morgan fingerprint density at radius 3 is 2.00 bits per heavy atom. The first-order chi connectivity index (χ1) is 8.93. The van der Waals surface area contributed by atoms with Crippen molar-refractivity contribution >= 4 is 5.91 Å². The summed E-state index contributed by atoms with van der Waals surface area (Å²) >= 11 is 0. The van der Waals surface area contributed by atoms with Crippen LogP contribution in [0.1, 0.15) is 44.9 Å². The first-order valence-corrected chi connectivity index (χ1v) is 7.55. The molecule has 2 N–H and O–H groups in total. The van der Waals surface area contributed by atoms with Crippen LogP contribution in [-0.4, -0.2) is 55.5 Å². The second-order valence-corrected chi connectivity index (χ2v) is 6.96. The van der Waals surface area contributed by atoms with E-state index in [0.29, 0.717) is 13.0 Å². The van der Waals surface area contributed by atoms with E-state index in [9.17, 15) is 4.79 Å². The van der Waals surface area contributed by atoms with Gasteiger partial charge in [-0.15, -0.1) is 0 Å². The summed E-state index contributed by atoms with van der Waals surface area (Å²) in [5.74, 6) is 0.276. The topological polar surface area (TPSA) is 49.6 Å². The van der Waals surface area contributed by atoms with E-state index in [1.54, 1.807) is 0 Å². The fraction of sp³-hybridized carbons (Fsp3) is 0.933. The van der Waals surface area contributed by atoms with E-state index >= 15 is 0 Å². The number of carbonyl (C=O) groups is 1. The number of carbonyl (C=O) groups excluding carboxylic acids is 1. The van der Waals surface area contributed by atoms with Gasteiger partial charge < -0.3 is 15.5 Å². The minimum Gasteiger partial charge on any atom is -0.344 e. The van der Waals surface area contributed by atoms with Gasteiger partial charge in [0.25, 0.3) is 0 Å². The second-order valence-electron chi connectivity index (χ2n) is 6.96. The summed E-state index contributed by atoms with van der Waals surface area (Å²) in [6.07, 6.45) is 7.83. The molecule has 0 aromatic heterocycles. The van der Waals surface area contributed by atoms with Crippen LogP contribution >= 0.6 is 0 Å². The van der Waals surface area contributed by atoms with Gasteiger partial charge in [-0.05, 0) is 58.2 Å². The van der Waals surface area contributed by atoms with Gasteiger partial charge in [0.1, 0.15) is 0 Å². The average molecular weight is 267 g/mol. The van der Waals surface area contributed by atoms with Gasteiger partial charge in [-0.25, -0.2) is 0 Å². The molecule has 0 heterocycles. The van der Waals surface area contributed by atoms with Crippen molar-refractivity contribution in [3.63, 3.8) is 0 Å². The van der Waals surface area contributed by atoms with Crippen LogP contribution in [0.15, 0.2) is 0 Å². The van der Waals surface area contributed by atoms with E-state index in [2.05, 4.69) is 19.0 Å². The van der Waals surface area contributed by atoms with Crippen molar-refractivity contribution in [3.05, 3.63) is 0 Å². The summed E-state index contributed by atoms with van der Waals surface area (Å²) < 4.78 is 0. The molecule has 2 saturated carbocycles. The van der Waals surface area contributed by atoms with Crippen LogP contribution in [-0.2, 0) is 4.79 Å². The lowest BCUT2D eigenvalue weighted by molar-refractivity contribution is -0.136. The van der Waals surface area contributed by atoms with Crippen molar-refractivity contribution < 1.29 is 4.79 Å². The van der Waals surface area contributed by atoms with E-state index in [1.807, 2.05) is 11.9 Å². The molecular formula is C15H29N3O. The third kappa shape index (κ3) is 2.79. The third-order valence-corrected chi connectivity index (χ3v) is 5.56. The Kier molecular flexibility index (Phi) is 4.21. The number of amides is 1. The van der Waals surface area contributed by atoms with Crippen molar-refractivity contribution in [1.82, 2.24) is 9.80 Å². The number of hydrogen-bond acceptors (Lipinski definition) is 3. The molecule has 0 aromatic rings.